The van der Waals surface area contributed by atoms with E-state index < -0.39 is 0 Å². The molecule has 4 nitrogen and oxygen atoms in total. The van der Waals surface area contributed by atoms with Crippen molar-refractivity contribution in [2.75, 3.05) is 21.2 Å². The van der Waals surface area contributed by atoms with E-state index in [0.29, 0.717) is 17.0 Å². The molecule has 0 aromatic heterocycles. The molecule has 0 N–H and O–H groups in total. The summed E-state index contributed by atoms with van der Waals surface area (Å²) in [6.07, 6.45) is 0. The van der Waals surface area contributed by atoms with Gasteiger partial charge in [-0.05, 0) is 19.1 Å². The molecule has 1 aromatic carbocycles. The predicted octanol–water partition coefficient (Wildman–Crippen LogP) is 1.82. The summed E-state index contributed by atoms with van der Waals surface area (Å²) in [7, 11) is 5.13. The van der Waals surface area contributed by atoms with Gasteiger partial charge in [0.2, 0.25) is 5.78 Å². The molecule has 4 heteroatoms. The highest BCUT2D eigenvalue weighted by molar-refractivity contribution is 6.45. The number of Topliss-reactive ketones (excluding diaryl/α,β-unsaturated/α-hetero) is 1. The Labute approximate surface area is 95.5 Å². The molecule has 0 aliphatic carbocycles. The fourth-order valence-corrected chi connectivity index (χ4v) is 1.32. The van der Waals surface area contributed by atoms with Crippen LogP contribution in [-0.2, 0) is 0 Å². The number of rotatable bonds is 4. The van der Waals surface area contributed by atoms with Gasteiger partial charge in [0.15, 0.2) is 0 Å². The molecule has 0 aliphatic rings. The van der Waals surface area contributed by atoms with Gasteiger partial charge in [-0.3, -0.25) is 4.79 Å². The van der Waals surface area contributed by atoms with E-state index in [1.165, 1.54) is 0 Å². The van der Waals surface area contributed by atoms with Crippen LogP contribution in [-0.4, -0.2) is 37.7 Å². The third-order valence-electron chi connectivity index (χ3n) is 2.01. The van der Waals surface area contributed by atoms with Gasteiger partial charge in [0, 0.05) is 19.7 Å². The maximum absolute atomic E-state index is 11.9. The molecule has 0 bridgehead atoms. The largest absolute Gasteiger partial charge is 0.497 e. The van der Waals surface area contributed by atoms with Crippen molar-refractivity contribution < 1.29 is 9.53 Å². The first kappa shape index (κ1) is 12.2. The maximum atomic E-state index is 11.9. The van der Waals surface area contributed by atoms with Crippen LogP contribution in [0, 0.1) is 0 Å². The molecule has 0 saturated heterocycles. The molecule has 16 heavy (non-hydrogen) atoms. The minimum absolute atomic E-state index is 0.0902. The lowest BCUT2D eigenvalue weighted by Gasteiger charge is -2.07. The summed E-state index contributed by atoms with van der Waals surface area (Å²) >= 11 is 0. The summed E-state index contributed by atoms with van der Waals surface area (Å²) < 4.78 is 5.06. The first-order valence-electron chi connectivity index (χ1n) is 4.96. The van der Waals surface area contributed by atoms with Gasteiger partial charge in [-0.15, -0.1) is 0 Å². The van der Waals surface area contributed by atoms with Gasteiger partial charge in [0.1, 0.15) is 11.5 Å². The highest BCUT2D eigenvalue weighted by Gasteiger charge is 2.10. The lowest BCUT2D eigenvalue weighted by atomic mass is 10.1. The van der Waals surface area contributed by atoms with Crippen LogP contribution < -0.4 is 4.74 Å². The Bertz CT molecular complexity index is 411. The Morgan fingerprint density at radius 2 is 2.06 bits per heavy atom. The summed E-state index contributed by atoms with van der Waals surface area (Å²) in [5.41, 5.74) is 1.04. The quantitative estimate of drug-likeness (QED) is 0.441. The number of ether oxygens (including phenoxy) is 1. The molecule has 0 unspecified atom stereocenters. The van der Waals surface area contributed by atoms with Gasteiger partial charge >= 0.3 is 0 Å². The molecule has 0 atom stereocenters. The highest BCUT2D eigenvalue weighted by atomic mass is 16.5. The lowest BCUT2D eigenvalue weighted by molar-refractivity contribution is 0.106. The van der Waals surface area contributed by atoms with Gasteiger partial charge in [0.25, 0.3) is 0 Å². The molecule has 0 aliphatic heterocycles. The smallest absolute Gasteiger partial charge is 0.208 e. The van der Waals surface area contributed by atoms with Crippen LogP contribution in [0.25, 0.3) is 0 Å². The number of nitrogens with zero attached hydrogens (tertiary/aromatic N) is 2. The zero-order valence-corrected chi connectivity index (χ0v) is 10.0. The van der Waals surface area contributed by atoms with Crippen molar-refractivity contribution in [2.24, 2.45) is 5.10 Å². The van der Waals surface area contributed by atoms with Crippen molar-refractivity contribution in [1.82, 2.24) is 5.01 Å². The van der Waals surface area contributed by atoms with Gasteiger partial charge in [-0.2, -0.15) is 5.10 Å². The molecule has 0 fully saturated rings. The van der Waals surface area contributed by atoms with Crippen molar-refractivity contribution in [2.45, 2.75) is 6.92 Å². The van der Waals surface area contributed by atoms with E-state index in [9.17, 15) is 4.79 Å². The SMILES string of the molecule is COc1cccc(C(=O)C(C)=NN(C)C)c1. The zero-order chi connectivity index (χ0) is 12.1. The molecule has 0 amide bonds. The summed E-state index contributed by atoms with van der Waals surface area (Å²) in [4.78, 5) is 11.9. The van der Waals surface area contributed by atoms with Crippen molar-refractivity contribution in [1.29, 1.82) is 0 Å². The fraction of sp³-hybridized carbons (Fsp3) is 0.333. The van der Waals surface area contributed by atoms with Crippen molar-refractivity contribution in [3.63, 3.8) is 0 Å². The van der Waals surface area contributed by atoms with Crippen molar-refractivity contribution in [3.05, 3.63) is 29.8 Å². The summed E-state index contributed by atoms with van der Waals surface area (Å²) in [6.45, 7) is 1.70. The first-order chi connectivity index (χ1) is 7.54. The number of benzene rings is 1. The normalized spacial score (nSPS) is 11.1. The minimum Gasteiger partial charge on any atom is -0.497 e. The van der Waals surface area contributed by atoms with Crippen LogP contribution in [0.2, 0.25) is 0 Å². The summed E-state index contributed by atoms with van der Waals surface area (Å²) in [5, 5.41) is 5.67. The van der Waals surface area contributed by atoms with E-state index in [1.807, 2.05) is 0 Å². The number of hydrogen-bond donors (Lipinski definition) is 0. The molecule has 0 heterocycles. The Hall–Kier alpha value is -1.84. The second-order valence-corrected chi connectivity index (χ2v) is 3.59. The van der Waals surface area contributed by atoms with E-state index in [0.717, 1.165) is 0 Å². The maximum Gasteiger partial charge on any atom is 0.208 e. The monoisotopic (exact) mass is 220 g/mol. The van der Waals surface area contributed by atoms with Gasteiger partial charge in [0.05, 0.1) is 7.11 Å². The molecule has 1 rings (SSSR count). The van der Waals surface area contributed by atoms with Gasteiger partial charge in [-0.25, -0.2) is 0 Å². The molecule has 0 radical (unpaired) electrons. The van der Waals surface area contributed by atoms with E-state index in [1.54, 1.807) is 57.4 Å². The Morgan fingerprint density at radius 3 is 2.62 bits per heavy atom. The standard InChI is InChI=1S/C12H16N2O2/c1-9(13-14(2)3)12(15)10-6-5-7-11(8-10)16-4/h5-8H,1-4H3. The third kappa shape index (κ3) is 3.08. The van der Waals surface area contributed by atoms with E-state index in [2.05, 4.69) is 5.10 Å². The molecular formula is C12H16N2O2. The second-order valence-electron chi connectivity index (χ2n) is 3.59. The Balaban J connectivity index is 2.96. The average molecular weight is 220 g/mol. The van der Waals surface area contributed by atoms with Crippen LogP contribution in [0.5, 0.6) is 5.75 Å². The first-order valence-corrected chi connectivity index (χ1v) is 4.96. The summed E-state index contributed by atoms with van der Waals surface area (Å²) in [5.74, 6) is 0.580. The highest BCUT2D eigenvalue weighted by Crippen LogP contribution is 2.13. The van der Waals surface area contributed by atoms with Gasteiger partial charge < -0.3 is 9.75 Å². The molecule has 1 aromatic rings. The number of methoxy groups -OCH3 is 1. The number of carbonyl (C=O) groups is 1. The molecule has 0 saturated carbocycles. The van der Waals surface area contributed by atoms with Crippen molar-refractivity contribution in [3.8, 4) is 5.75 Å². The van der Waals surface area contributed by atoms with Crippen LogP contribution in [0.15, 0.2) is 29.4 Å². The van der Waals surface area contributed by atoms with E-state index in [4.69, 9.17) is 4.74 Å². The molecule has 0 spiro atoms. The molecule has 86 valence electrons. The molecular weight excluding hydrogens is 204 g/mol. The van der Waals surface area contributed by atoms with E-state index >= 15 is 0 Å². The zero-order valence-electron chi connectivity index (χ0n) is 10.0. The van der Waals surface area contributed by atoms with Crippen LogP contribution in [0.3, 0.4) is 0 Å². The van der Waals surface area contributed by atoms with E-state index in [-0.39, 0.29) is 5.78 Å². The minimum atomic E-state index is -0.0902. The lowest BCUT2D eigenvalue weighted by Crippen LogP contribution is -2.15. The van der Waals surface area contributed by atoms with Crippen LogP contribution in [0.1, 0.15) is 17.3 Å². The number of ketones is 1. The number of hydrazone groups is 1. The Kier molecular flexibility index (Phi) is 4.05. The number of carbonyl (C=O) groups excluding carboxylic acids is 1. The fourth-order valence-electron chi connectivity index (χ4n) is 1.32. The topological polar surface area (TPSA) is 41.9 Å². The van der Waals surface area contributed by atoms with Crippen molar-refractivity contribution >= 4 is 11.5 Å². The second kappa shape index (κ2) is 5.30. The number of hydrogen-bond acceptors (Lipinski definition) is 4. The van der Waals surface area contributed by atoms with Crippen LogP contribution >= 0.6 is 0 Å². The average Bonchev–Trinajstić information content (AvgIpc) is 2.27. The third-order valence-corrected chi connectivity index (χ3v) is 2.01. The Morgan fingerprint density at radius 1 is 1.38 bits per heavy atom. The summed E-state index contributed by atoms with van der Waals surface area (Å²) in [6, 6.07) is 7.04. The predicted molar refractivity (Wildman–Crippen MR) is 64.1 cm³/mol. The van der Waals surface area contributed by atoms with Gasteiger partial charge in [-0.1, -0.05) is 12.1 Å². The van der Waals surface area contributed by atoms with Crippen LogP contribution in [0.4, 0.5) is 0 Å².